The number of anilines is 1. The summed E-state index contributed by atoms with van der Waals surface area (Å²) in [6.45, 7) is 3.72. The number of para-hydroxylation sites is 1. The van der Waals surface area contributed by atoms with Gasteiger partial charge in [-0.1, -0.05) is 12.1 Å². The summed E-state index contributed by atoms with van der Waals surface area (Å²) in [5, 5.41) is 13.6. The molecule has 2 aromatic carbocycles. The number of hydrogen-bond donors (Lipinski definition) is 1. The maximum Gasteiger partial charge on any atom is 0.271 e. The van der Waals surface area contributed by atoms with Crippen LogP contribution >= 0.6 is 0 Å². The molecule has 1 N–H and O–H groups in total. The number of ether oxygens (including phenoxy) is 2. The molecule has 0 aliphatic carbocycles. The molecular weight excluding hydrogens is 312 g/mol. The lowest BCUT2D eigenvalue weighted by molar-refractivity contribution is -0.384. The summed E-state index contributed by atoms with van der Waals surface area (Å²) >= 11 is 0. The molecule has 0 radical (unpaired) electrons. The van der Waals surface area contributed by atoms with E-state index in [2.05, 4.69) is 5.32 Å². The van der Waals surface area contributed by atoms with Crippen LogP contribution < -0.4 is 14.8 Å². The maximum atomic E-state index is 12.5. The number of carbonyl (C=O) groups excluding carboxylic acids is 1. The summed E-state index contributed by atoms with van der Waals surface area (Å²) in [7, 11) is 1.42. The third-order valence-electron chi connectivity index (χ3n) is 3.14. The van der Waals surface area contributed by atoms with Crippen LogP contribution in [0, 0.1) is 10.1 Å². The molecule has 2 rings (SSSR count). The van der Waals surface area contributed by atoms with Crippen molar-refractivity contribution >= 4 is 17.3 Å². The van der Waals surface area contributed by atoms with Crippen LogP contribution in [0.15, 0.2) is 42.5 Å². The van der Waals surface area contributed by atoms with Crippen molar-refractivity contribution in [1.82, 2.24) is 0 Å². The molecule has 0 spiro atoms. The lowest BCUT2D eigenvalue weighted by Gasteiger charge is -2.15. The highest BCUT2D eigenvalue weighted by Crippen LogP contribution is 2.30. The van der Waals surface area contributed by atoms with Crippen LogP contribution in [-0.2, 0) is 0 Å². The van der Waals surface area contributed by atoms with Gasteiger partial charge < -0.3 is 14.8 Å². The van der Waals surface area contributed by atoms with Gasteiger partial charge in [0.2, 0.25) is 0 Å². The van der Waals surface area contributed by atoms with Crippen LogP contribution in [0.1, 0.15) is 24.2 Å². The Balaban J connectivity index is 2.33. The van der Waals surface area contributed by atoms with Crippen molar-refractivity contribution in [2.75, 3.05) is 12.4 Å². The second kappa shape index (κ2) is 7.45. The maximum absolute atomic E-state index is 12.5. The lowest BCUT2D eigenvalue weighted by Crippen LogP contribution is -2.16. The molecule has 0 bridgehead atoms. The van der Waals surface area contributed by atoms with Crippen molar-refractivity contribution in [1.29, 1.82) is 0 Å². The van der Waals surface area contributed by atoms with Crippen LogP contribution in [0.4, 0.5) is 11.4 Å². The number of methoxy groups -OCH3 is 1. The van der Waals surface area contributed by atoms with E-state index in [1.165, 1.54) is 25.3 Å². The molecule has 0 saturated carbocycles. The zero-order valence-corrected chi connectivity index (χ0v) is 13.6. The van der Waals surface area contributed by atoms with Crippen LogP contribution in [0.3, 0.4) is 0 Å². The molecule has 0 aromatic heterocycles. The van der Waals surface area contributed by atoms with Gasteiger partial charge in [-0.25, -0.2) is 0 Å². The van der Waals surface area contributed by atoms with Crippen molar-refractivity contribution in [3.63, 3.8) is 0 Å². The monoisotopic (exact) mass is 330 g/mol. The Hall–Kier alpha value is -3.09. The highest BCUT2D eigenvalue weighted by Gasteiger charge is 2.17. The molecule has 2 aromatic rings. The number of carbonyl (C=O) groups is 1. The molecule has 0 aliphatic heterocycles. The van der Waals surface area contributed by atoms with E-state index < -0.39 is 10.8 Å². The number of rotatable bonds is 6. The van der Waals surface area contributed by atoms with Gasteiger partial charge in [-0.3, -0.25) is 14.9 Å². The van der Waals surface area contributed by atoms with E-state index in [4.69, 9.17) is 9.47 Å². The molecular formula is C17H18N2O5. The highest BCUT2D eigenvalue weighted by molar-refractivity contribution is 6.07. The Bertz CT molecular complexity index is 758. The standard InChI is InChI=1S/C17H18N2O5/c1-11(2)24-15-7-5-4-6-13(15)17(20)18-14-10-12(19(21)22)8-9-16(14)23-3/h4-11H,1-3H3,(H,18,20). The minimum Gasteiger partial charge on any atom is -0.495 e. The molecule has 1 amide bonds. The van der Waals surface area contributed by atoms with Gasteiger partial charge in [-0.15, -0.1) is 0 Å². The minimum atomic E-state index is -0.537. The van der Waals surface area contributed by atoms with Crippen LogP contribution in [-0.4, -0.2) is 24.0 Å². The number of non-ortho nitro benzene ring substituents is 1. The third kappa shape index (κ3) is 4.01. The molecule has 24 heavy (non-hydrogen) atoms. The summed E-state index contributed by atoms with van der Waals surface area (Å²) in [5.41, 5.74) is 0.411. The fourth-order valence-electron chi connectivity index (χ4n) is 2.11. The lowest BCUT2D eigenvalue weighted by atomic mass is 10.1. The van der Waals surface area contributed by atoms with Crippen molar-refractivity contribution in [3.8, 4) is 11.5 Å². The Morgan fingerprint density at radius 2 is 1.88 bits per heavy atom. The fraction of sp³-hybridized carbons (Fsp3) is 0.235. The zero-order valence-electron chi connectivity index (χ0n) is 13.6. The van der Waals surface area contributed by atoms with Crippen molar-refractivity contribution in [3.05, 3.63) is 58.1 Å². The van der Waals surface area contributed by atoms with Crippen molar-refractivity contribution < 1.29 is 19.2 Å². The molecule has 0 atom stereocenters. The first-order chi connectivity index (χ1) is 11.4. The minimum absolute atomic E-state index is 0.0914. The van der Waals surface area contributed by atoms with Gasteiger partial charge in [0.05, 0.1) is 29.4 Å². The predicted molar refractivity (Wildman–Crippen MR) is 89.8 cm³/mol. The summed E-state index contributed by atoms with van der Waals surface area (Å²) < 4.78 is 10.8. The van der Waals surface area contributed by atoms with E-state index in [0.29, 0.717) is 17.1 Å². The van der Waals surface area contributed by atoms with Gasteiger partial charge in [0.1, 0.15) is 11.5 Å². The number of amides is 1. The quantitative estimate of drug-likeness (QED) is 0.645. The Morgan fingerprint density at radius 3 is 2.50 bits per heavy atom. The van der Waals surface area contributed by atoms with E-state index >= 15 is 0 Å². The average molecular weight is 330 g/mol. The zero-order chi connectivity index (χ0) is 17.7. The van der Waals surface area contributed by atoms with E-state index in [9.17, 15) is 14.9 Å². The number of benzene rings is 2. The number of nitrogens with one attached hydrogen (secondary N) is 1. The number of nitro groups is 1. The normalized spacial score (nSPS) is 10.3. The van der Waals surface area contributed by atoms with Crippen LogP contribution in [0.2, 0.25) is 0 Å². The number of nitrogens with zero attached hydrogens (tertiary/aromatic N) is 1. The molecule has 7 heteroatoms. The first-order valence-corrected chi connectivity index (χ1v) is 7.32. The molecule has 0 aliphatic rings. The van der Waals surface area contributed by atoms with E-state index in [1.54, 1.807) is 24.3 Å². The van der Waals surface area contributed by atoms with Gasteiger partial charge in [0, 0.05) is 12.1 Å². The molecule has 7 nitrogen and oxygen atoms in total. The van der Waals surface area contributed by atoms with Gasteiger partial charge in [0.25, 0.3) is 11.6 Å². The number of hydrogen-bond acceptors (Lipinski definition) is 5. The first-order valence-electron chi connectivity index (χ1n) is 7.32. The Labute approximate surface area is 139 Å². The largest absolute Gasteiger partial charge is 0.495 e. The second-order valence-corrected chi connectivity index (χ2v) is 5.26. The number of nitro benzene ring substituents is 1. The molecule has 0 fully saturated rings. The smallest absolute Gasteiger partial charge is 0.271 e. The molecule has 0 unspecified atom stereocenters. The Kier molecular flexibility index (Phi) is 5.36. The highest BCUT2D eigenvalue weighted by atomic mass is 16.6. The molecule has 126 valence electrons. The van der Waals surface area contributed by atoms with E-state index in [-0.39, 0.29) is 17.5 Å². The molecule has 0 saturated heterocycles. The average Bonchev–Trinajstić information content (AvgIpc) is 2.54. The van der Waals surface area contributed by atoms with Crippen LogP contribution in [0.5, 0.6) is 11.5 Å². The topological polar surface area (TPSA) is 90.7 Å². The van der Waals surface area contributed by atoms with Gasteiger partial charge in [-0.2, -0.15) is 0 Å². The first kappa shape index (κ1) is 17.3. The summed E-state index contributed by atoms with van der Waals surface area (Å²) in [6.07, 6.45) is -0.0914. The van der Waals surface area contributed by atoms with Gasteiger partial charge in [0.15, 0.2) is 0 Å². The fourth-order valence-corrected chi connectivity index (χ4v) is 2.11. The summed E-state index contributed by atoms with van der Waals surface area (Å²) in [5.74, 6) is 0.329. The SMILES string of the molecule is COc1ccc([N+](=O)[O-])cc1NC(=O)c1ccccc1OC(C)C. The van der Waals surface area contributed by atoms with Gasteiger partial charge >= 0.3 is 0 Å². The third-order valence-corrected chi connectivity index (χ3v) is 3.14. The second-order valence-electron chi connectivity index (χ2n) is 5.26. The Morgan fingerprint density at radius 1 is 1.17 bits per heavy atom. The van der Waals surface area contributed by atoms with Crippen LogP contribution in [0.25, 0.3) is 0 Å². The van der Waals surface area contributed by atoms with Crippen molar-refractivity contribution in [2.24, 2.45) is 0 Å². The summed E-state index contributed by atoms with van der Waals surface area (Å²) in [6, 6.07) is 10.8. The summed E-state index contributed by atoms with van der Waals surface area (Å²) in [4.78, 5) is 22.9. The molecule has 0 heterocycles. The van der Waals surface area contributed by atoms with Crippen molar-refractivity contribution in [2.45, 2.75) is 20.0 Å². The van der Waals surface area contributed by atoms with E-state index in [0.717, 1.165) is 0 Å². The van der Waals surface area contributed by atoms with Gasteiger partial charge in [-0.05, 0) is 32.0 Å². The predicted octanol–water partition coefficient (Wildman–Crippen LogP) is 3.64. The van der Waals surface area contributed by atoms with E-state index in [1.807, 2.05) is 13.8 Å².